The van der Waals surface area contributed by atoms with Crippen LogP contribution in [0, 0.1) is 0 Å². The Bertz CT molecular complexity index is 524. The minimum atomic E-state index is -0.00955. The van der Waals surface area contributed by atoms with Crippen molar-refractivity contribution in [2.45, 2.75) is 19.0 Å². The second-order valence-electron chi connectivity index (χ2n) is 5.01. The van der Waals surface area contributed by atoms with Gasteiger partial charge in [0.05, 0.1) is 27.4 Å². The molecule has 1 fully saturated rings. The summed E-state index contributed by atoms with van der Waals surface area (Å²) in [5, 5.41) is 6.18. The van der Waals surface area contributed by atoms with Crippen molar-refractivity contribution in [3.8, 4) is 11.5 Å². The maximum absolute atomic E-state index is 12.0. The van der Waals surface area contributed by atoms with Crippen LogP contribution in [0.5, 0.6) is 11.5 Å². The molecule has 1 aliphatic rings. The predicted molar refractivity (Wildman–Crippen MR) is 93.6 cm³/mol. The molecule has 1 aromatic rings. The molecule has 6 nitrogen and oxygen atoms in total. The van der Waals surface area contributed by atoms with Gasteiger partial charge in [0, 0.05) is 30.0 Å². The van der Waals surface area contributed by atoms with Crippen LogP contribution in [0.1, 0.15) is 12.0 Å². The summed E-state index contributed by atoms with van der Waals surface area (Å²) in [6, 6.07) is 3.77. The van der Waals surface area contributed by atoms with Crippen LogP contribution in [0.2, 0.25) is 0 Å². The van der Waals surface area contributed by atoms with Crippen LogP contribution < -0.4 is 20.1 Å². The molecular formula is C15H22BrClN2O4. The van der Waals surface area contributed by atoms with E-state index in [0.29, 0.717) is 37.7 Å². The van der Waals surface area contributed by atoms with Crippen LogP contribution in [0.15, 0.2) is 16.6 Å². The fraction of sp³-hybridized carbons (Fsp3) is 0.533. The van der Waals surface area contributed by atoms with Gasteiger partial charge in [0.2, 0.25) is 5.91 Å². The van der Waals surface area contributed by atoms with Crippen molar-refractivity contribution in [3.05, 3.63) is 22.2 Å². The molecule has 23 heavy (non-hydrogen) atoms. The van der Waals surface area contributed by atoms with Crippen molar-refractivity contribution in [1.82, 2.24) is 10.6 Å². The Balaban J connectivity index is 0.00000264. The number of ether oxygens (including phenoxy) is 3. The van der Waals surface area contributed by atoms with E-state index >= 15 is 0 Å². The van der Waals surface area contributed by atoms with Gasteiger partial charge in [-0.3, -0.25) is 4.79 Å². The van der Waals surface area contributed by atoms with Gasteiger partial charge in [0.25, 0.3) is 0 Å². The average molecular weight is 410 g/mol. The monoisotopic (exact) mass is 408 g/mol. The summed E-state index contributed by atoms with van der Waals surface area (Å²) in [5.41, 5.74) is 0.929. The summed E-state index contributed by atoms with van der Waals surface area (Å²) in [6.45, 7) is 2.50. The molecule has 8 heteroatoms. The maximum atomic E-state index is 12.0. The van der Waals surface area contributed by atoms with Crippen LogP contribution in [0.25, 0.3) is 0 Å². The molecule has 1 unspecified atom stereocenters. The highest BCUT2D eigenvalue weighted by molar-refractivity contribution is 9.10. The third kappa shape index (κ3) is 5.84. The number of carbonyl (C=O) groups excluding carboxylic acids is 1. The molecule has 2 rings (SSSR count). The zero-order valence-corrected chi connectivity index (χ0v) is 15.6. The molecule has 1 saturated heterocycles. The molecular weight excluding hydrogens is 388 g/mol. The van der Waals surface area contributed by atoms with E-state index in [0.717, 1.165) is 16.6 Å². The predicted octanol–water partition coefficient (Wildman–Crippen LogP) is 1.88. The van der Waals surface area contributed by atoms with Crippen LogP contribution in [0.3, 0.4) is 0 Å². The van der Waals surface area contributed by atoms with Gasteiger partial charge in [-0.15, -0.1) is 12.4 Å². The standard InChI is InChI=1S/C15H21BrN2O4.ClH/c1-20-13-5-10(12(16)7-14(13)21-2)8-18-15(19)6-11-9-22-4-3-17-11;/h5,7,11,17H,3-4,6,8-9H2,1-2H3,(H,18,19);1H. The van der Waals surface area contributed by atoms with Gasteiger partial charge < -0.3 is 24.8 Å². The van der Waals surface area contributed by atoms with Crippen molar-refractivity contribution in [2.24, 2.45) is 0 Å². The highest BCUT2D eigenvalue weighted by Crippen LogP contribution is 2.33. The summed E-state index contributed by atoms with van der Waals surface area (Å²) in [4.78, 5) is 12.0. The first-order valence-corrected chi connectivity index (χ1v) is 7.91. The van der Waals surface area contributed by atoms with E-state index in [9.17, 15) is 4.79 Å². The highest BCUT2D eigenvalue weighted by atomic mass is 79.9. The molecule has 1 aromatic carbocycles. The van der Waals surface area contributed by atoms with Crippen LogP contribution in [-0.2, 0) is 16.1 Å². The largest absolute Gasteiger partial charge is 0.493 e. The van der Waals surface area contributed by atoms with Gasteiger partial charge in [0.1, 0.15) is 0 Å². The smallest absolute Gasteiger partial charge is 0.221 e. The van der Waals surface area contributed by atoms with E-state index in [-0.39, 0.29) is 24.4 Å². The zero-order chi connectivity index (χ0) is 15.9. The lowest BCUT2D eigenvalue weighted by Gasteiger charge is -2.23. The number of hydrogen-bond acceptors (Lipinski definition) is 5. The van der Waals surface area contributed by atoms with E-state index in [4.69, 9.17) is 14.2 Å². The Morgan fingerprint density at radius 2 is 2.09 bits per heavy atom. The summed E-state index contributed by atoms with van der Waals surface area (Å²) < 4.78 is 16.7. The fourth-order valence-corrected chi connectivity index (χ4v) is 2.73. The molecule has 0 aromatic heterocycles. The Morgan fingerprint density at radius 1 is 1.39 bits per heavy atom. The third-order valence-corrected chi connectivity index (χ3v) is 4.20. The second kappa shape index (κ2) is 9.97. The van der Waals surface area contributed by atoms with Crippen molar-refractivity contribution in [1.29, 1.82) is 0 Å². The molecule has 0 saturated carbocycles. The van der Waals surface area contributed by atoms with Crippen LogP contribution in [0.4, 0.5) is 0 Å². The number of amides is 1. The lowest BCUT2D eigenvalue weighted by Crippen LogP contribution is -2.44. The molecule has 0 spiro atoms. The summed E-state index contributed by atoms with van der Waals surface area (Å²) >= 11 is 3.48. The SMILES string of the molecule is COc1cc(Br)c(CNC(=O)CC2COCCN2)cc1OC.Cl. The number of halogens is 2. The van der Waals surface area contributed by atoms with Gasteiger partial charge in [0.15, 0.2) is 11.5 Å². The molecule has 1 aliphatic heterocycles. The lowest BCUT2D eigenvalue weighted by molar-refractivity contribution is -0.122. The van der Waals surface area contributed by atoms with Gasteiger partial charge in [-0.2, -0.15) is 0 Å². The normalized spacial score (nSPS) is 17.1. The Morgan fingerprint density at radius 3 is 2.70 bits per heavy atom. The number of nitrogens with one attached hydrogen (secondary N) is 2. The molecule has 1 atom stereocenters. The molecule has 1 amide bonds. The maximum Gasteiger partial charge on any atom is 0.221 e. The molecule has 0 bridgehead atoms. The van der Waals surface area contributed by atoms with E-state index in [1.807, 2.05) is 12.1 Å². The number of rotatable bonds is 6. The van der Waals surface area contributed by atoms with E-state index in [1.165, 1.54) is 0 Å². The quantitative estimate of drug-likeness (QED) is 0.751. The average Bonchev–Trinajstić information content (AvgIpc) is 2.54. The van der Waals surface area contributed by atoms with Crippen molar-refractivity contribution < 1.29 is 19.0 Å². The van der Waals surface area contributed by atoms with Crippen LogP contribution >= 0.6 is 28.3 Å². The zero-order valence-electron chi connectivity index (χ0n) is 13.2. The molecule has 1 heterocycles. The van der Waals surface area contributed by atoms with Crippen molar-refractivity contribution in [2.75, 3.05) is 34.0 Å². The summed E-state index contributed by atoms with van der Waals surface area (Å²) in [6.07, 6.45) is 0.408. The number of hydrogen-bond donors (Lipinski definition) is 2. The number of carbonyl (C=O) groups is 1. The van der Waals surface area contributed by atoms with Gasteiger partial charge in [-0.1, -0.05) is 15.9 Å². The first kappa shape index (κ1) is 20.0. The first-order chi connectivity index (χ1) is 10.6. The van der Waals surface area contributed by atoms with E-state index < -0.39 is 0 Å². The topological polar surface area (TPSA) is 68.8 Å². The molecule has 130 valence electrons. The van der Waals surface area contributed by atoms with E-state index in [1.54, 1.807) is 14.2 Å². The van der Waals surface area contributed by atoms with Gasteiger partial charge >= 0.3 is 0 Å². The molecule has 0 radical (unpaired) electrons. The Hall–Kier alpha value is -1.02. The Labute approximate surface area is 150 Å². The second-order valence-corrected chi connectivity index (χ2v) is 5.86. The van der Waals surface area contributed by atoms with Crippen molar-refractivity contribution >= 4 is 34.2 Å². The fourth-order valence-electron chi connectivity index (χ4n) is 2.27. The lowest BCUT2D eigenvalue weighted by atomic mass is 10.1. The molecule has 2 N–H and O–H groups in total. The highest BCUT2D eigenvalue weighted by Gasteiger charge is 2.17. The third-order valence-electron chi connectivity index (χ3n) is 3.46. The summed E-state index contributed by atoms with van der Waals surface area (Å²) in [7, 11) is 3.17. The van der Waals surface area contributed by atoms with Gasteiger partial charge in [-0.25, -0.2) is 0 Å². The van der Waals surface area contributed by atoms with Crippen molar-refractivity contribution in [3.63, 3.8) is 0 Å². The minimum absolute atomic E-state index is 0. The minimum Gasteiger partial charge on any atom is -0.493 e. The number of morpholine rings is 1. The van der Waals surface area contributed by atoms with E-state index in [2.05, 4.69) is 26.6 Å². The summed E-state index contributed by atoms with van der Waals surface area (Å²) in [5.74, 6) is 1.27. The number of methoxy groups -OCH3 is 2. The Kier molecular flexibility index (Phi) is 8.68. The molecule has 0 aliphatic carbocycles. The number of benzene rings is 1. The first-order valence-electron chi connectivity index (χ1n) is 7.12. The van der Waals surface area contributed by atoms with Gasteiger partial charge in [-0.05, 0) is 17.7 Å². The van der Waals surface area contributed by atoms with Crippen LogP contribution in [-0.4, -0.2) is 45.9 Å².